The van der Waals surface area contributed by atoms with E-state index in [1.807, 2.05) is 0 Å². The van der Waals surface area contributed by atoms with Gasteiger partial charge in [0, 0.05) is 11.8 Å². The van der Waals surface area contributed by atoms with Gasteiger partial charge in [0.25, 0.3) is 5.91 Å². The van der Waals surface area contributed by atoms with E-state index >= 15 is 0 Å². The topological polar surface area (TPSA) is 84.5 Å². The third-order valence-corrected chi connectivity index (χ3v) is 5.25. The van der Waals surface area contributed by atoms with Crippen molar-refractivity contribution in [3.63, 3.8) is 0 Å². The first kappa shape index (κ1) is 20.3. The maximum Gasteiger partial charge on any atom is 0.257 e. The lowest BCUT2D eigenvalue weighted by Crippen LogP contribution is -2.16. The molecule has 0 aliphatic rings. The minimum Gasteiger partial charge on any atom is -0.494 e. The molecule has 0 atom stereocenters. The lowest BCUT2D eigenvalue weighted by atomic mass is 10.2. The van der Waals surface area contributed by atoms with Gasteiger partial charge in [-0.05, 0) is 31.2 Å². The molecule has 0 saturated carbocycles. The van der Waals surface area contributed by atoms with Crippen LogP contribution in [0, 0.1) is 5.82 Å². The van der Waals surface area contributed by atoms with Gasteiger partial charge >= 0.3 is 0 Å². The highest BCUT2D eigenvalue weighted by Crippen LogP contribution is 2.30. The minimum absolute atomic E-state index is 0.00630. The molecule has 0 aromatic heterocycles. The van der Waals surface area contributed by atoms with Crippen LogP contribution in [0.3, 0.4) is 0 Å². The summed E-state index contributed by atoms with van der Waals surface area (Å²) in [6.45, 7) is 1.50. The number of benzene rings is 2. The van der Waals surface area contributed by atoms with E-state index in [9.17, 15) is 17.6 Å². The van der Waals surface area contributed by atoms with Crippen LogP contribution in [-0.2, 0) is 10.0 Å². The van der Waals surface area contributed by atoms with Gasteiger partial charge in [0.1, 0.15) is 11.6 Å². The van der Waals surface area contributed by atoms with E-state index in [0.717, 1.165) is 12.1 Å². The van der Waals surface area contributed by atoms with Crippen molar-refractivity contribution in [3.05, 3.63) is 51.8 Å². The number of hydrogen-bond donors (Lipinski definition) is 2. The fourth-order valence-electron chi connectivity index (χ4n) is 1.99. The van der Waals surface area contributed by atoms with Gasteiger partial charge < -0.3 is 10.1 Å². The minimum atomic E-state index is -3.49. The van der Waals surface area contributed by atoms with E-state index in [2.05, 4.69) is 10.0 Å². The average molecular weight is 421 g/mol. The Hall–Kier alpha value is -2.03. The van der Waals surface area contributed by atoms with Crippen LogP contribution in [0.4, 0.5) is 15.8 Å². The quantitative estimate of drug-likeness (QED) is 0.687. The molecule has 2 rings (SSSR count). The van der Waals surface area contributed by atoms with Crippen molar-refractivity contribution < 1.29 is 22.3 Å². The molecule has 10 heteroatoms. The van der Waals surface area contributed by atoms with E-state index in [4.69, 9.17) is 27.9 Å². The van der Waals surface area contributed by atoms with Crippen molar-refractivity contribution >= 4 is 50.5 Å². The van der Waals surface area contributed by atoms with Crippen LogP contribution in [0.5, 0.6) is 5.75 Å². The molecule has 1 amide bonds. The Morgan fingerprint density at radius 3 is 2.50 bits per heavy atom. The molecule has 2 N–H and O–H groups in total. The fourth-order valence-corrected chi connectivity index (χ4v) is 3.11. The highest BCUT2D eigenvalue weighted by molar-refractivity contribution is 7.92. The first-order valence-electron chi connectivity index (χ1n) is 7.31. The van der Waals surface area contributed by atoms with Gasteiger partial charge in [0.15, 0.2) is 0 Å². The largest absolute Gasteiger partial charge is 0.494 e. The summed E-state index contributed by atoms with van der Waals surface area (Å²) in [5, 5.41) is 2.33. The van der Waals surface area contributed by atoms with Gasteiger partial charge in [-0.2, -0.15) is 0 Å². The lowest BCUT2D eigenvalue weighted by molar-refractivity contribution is 0.102. The maximum atomic E-state index is 13.6. The fraction of sp³-hybridized carbons (Fsp3) is 0.188. The third-order valence-electron chi connectivity index (χ3n) is 3.36. The summed E-state index contributed by atoms with van der Waals surface area (Å²) in [4.78, 5) is 12.3. The average Bonchev–Trinajstić information content (AvgIpc) is 2.59. The van der Waals surface area contributed by atoms with Gasteiger partial charge in [-0.25, -0.2) is 12.8 Å². The molecule has 0 unspecified atom stereocenters. The van der Waals surface area contributed by atoms with Crippen LogP contribution in [0.25, 0.3) is 0 Å². The number of nitrogens with one attached hydrogen (secondary N) is 2. The van der Waals surface area contributed by atoms with Gasteiger partial charge in [-0.3, -0.25) is 9.52 Å². The van der Waals surface area contributed by atoms with Crippen LogP contribution in [-0.4, -0.2) is 27.2 Å². The molecule has 0 aliphatic heterocycles. The van der Waals surface area contributed by atoms with E-state index < -0.39 is 21.7 Å². The second-order valence-electron chi connectivity index (χ2n) is 5.12. The molecule has 0 spiro atoms. The Kier molecular flexibility index (Phi) is 6.33. The molecule has 2 aromatic rings. The molecule has 6 nitrogen and oxygen atoms in total. The molecular weight excluding hydrogens is 406 g/mol. The number of halogens is 3. The standard InChI is InChI=1S/C16H15Cl2FN2O4S/c1-3-26(23,24)21-14-5-4-9(6-15(14)25-2)20-16(22)10-7-13(19)12(18)8-11(10)17/h4-8,21H,3H2,1-2H3,(H,20,22). The monoisotopic (exact) mass is 420 g/mol. The van der Waals surface area contributed by atoms with Crippen molar-refractivity contribution in [1.82, 2.24) is 0 Å². The van der Waals surface area contributed by atoms with Gasteiger partial charge in [-0.15, -0.1) is 0 Å². The summed E-state index contributed by atoms with van der Waals surface area (Å²) >= 11 is 11.5. The number of ether oxygens (including phenoxy) is 1. The van der Waals surface area contributed by atoms with Gasteiger partial charge in [0.05, 0.1) is 34.2 Å². The smallest absolute Gasteiger partial charge is 0.257 e. The SMILES string of the molecule is CCS(=O)(=O)Nc1ccc(NC(=O)c2cc(F)c(Cl)cc2Cl)cc1OC. The second kappa shape index (κ2) is 8.11. The summed E-state index contributed by atoms with van der Waals surface area (Å²) < 4.78 is 44.4. The summed E-state index contributed by atoms with van der Waals surface area (Å²) in [7, 11) is -2.13. The van der Waals surface area contributed by atoms with Crippen molar-refractivity contribution in [1.29, 1.82) is 0 Å². The zero-order valence-corrected chi connectivity index (χ0v) is 16.1. The summed E-state index contributed by atoms with van der Waals surface area (Å²) in [5.41, 5.74) is 0.434. The molecule has 0 fully saturated rings. The van der Waals surface area contributed by atoms with Crippen LogP contribution in [0.2, 0.25) is 10.0 Å². The third kappa shape index (κ3) is 4.78. The molecule has 0 aliphatic carbocycles. The number of sulfonamides is 1. The number of anilines is 2. The Morgan fingerprint density at radius 1 is 1.19 bits per heavy atom. The summed E-state index contributed by atoms with van der Waals surface area (Å²) in [6, 6.07) is 6.39. The predicted octanol–water partition coefficient (Wildman–Crippen LogP) is 4.16. The molecular formula is C16H15Cl2FN2O4S. The number of amides is 1. The number of carbonyl (C=O) groups is 1. The molecule has 2 aromatic carbocycles. The number of methoxy groups -OCH3 is 1. The Morgan fingerprint density at radius 2 is 1.88 bits per heavy atom. The van der Waals surface area contributed by atoms with Crippen LogP contribution >= 0.6 is 23.2 Å². The lowest BCUT2D eigenvalue weighted by Gasteiger charge is -2.13. The molecule has 0 radical (unpaired) electrons. The Balaban J connectivity index is 2.27. The number of hydrogen-bond acceptors (Lipinski definition) is 4. The highest BCUT2D eigenvalue weighted by Gasteiger charge is 2.16. The molecule has 26 heavy (non-hydrogen) atoms. The first-order chi connectivity index (χ1) is 12.2. The van der Waals surface area contributed by atoms with E-state index in [1.54, 1.807) is 0 Å². The molecule has 0 saturated heterocycles. The summed E-state index contributed by atoms with van der Waals surface area (Å²) in [6.07, 6.45) is 0. The van der Waals surface area contributed by atoms with Crippen molar-refractivity contribution in [2.75, 3.05) is 22.9 Å². The molecule has 0 heterocycles. The van der Waals surface area contributed by atoms with Crippen molar-refractivity contribution in [3.8, 4) is 5.75 Å². The number of rotatable bonds is 6. The van der Waals surface area contributed by atoms with Gasteiger partial charge in [-0.1, -0.05) is 23.2 Å². The van der Waals surface area contributed by atoms with Crippen LogP contribution in [0.15, 0.2) is 30.3 Å². The normalized spacial score (nSPS) is 11.1. The van der Waals surface area contributed by atoms with E-state index in [1.165, 1.54) is 32.2 Å². The van der Waals surface area contributed by atoms with Crippen molar-refractivity contribution in [2.24, 2.45) is 0 Å². The second-order valence-corrected chi connectivity index (χ2v) is 7.95. The highest BCUT2D eigenvalue weighted by atomic mass is 35.5. The zero-order chi connectivity index (χ0) is 19.5. The van der Waals surface area contributed by atoms with Crippen molar-refractivity contribution in [2.45, 2.75) is 6.92 Å². The van der Waals surface area contributed by atoms with E-state index in [0.29, 0.717) is 5.69 Å². The number of carbonyl (C=O) groups excluding carboxylic acids is 1. The molecule has 140 valence electrons. The molecule has 0 bridgehead atoms. The Bertz CT molecular complexity index is 952. The maximum absolute atomic E-state index is 13.6. The van der Waals surface area contributed by atoms with E-state index in [-0.39, 0.29) is 32.8 Å². The zero-order valence-electron chi connectivity index (χ0n) is 13.8. The van der Waals surface area contributed by atoms with Crippen LogP contribution in [0.1, 0.15) is 17.3 Å². The Labute approximate surface area is 160 Å². The first-order valence-corrected chi connectivity index (χ1v) is 9.72. The predicted molar refractivity (Wildman–Crippen MR) is 100 cm³/mol. The van der Waals surface area contributed by atoms with Gasteiger partial charge in [0.2, 0.25) is 10.0 Å². The van der Waals surface area contributed by atoms with Crippen LogP contribution < -0.4 is 14.8 Å². The summed E-state index contributed by atoms with van der Waals surface area (Å²) in [5.74, 6) is -1.33.